The summed E-state index contributed by atoms with van der Waals surface area (Å²) in [5, 5.41) is 1.79. The number of halogens is 1. The molecule has 0 bridgehead atoms. The molecule has 18 heavy (non-hydrogen) atoms. The lowest BCUT2D eigenvalue weighted by molar-refractivity contribution is -0.136. The highest BCUT2D eigenvalue weighted by molar-refractivity contribution is 8.02. The van der Waals surface area contributed by atoms with E-state index < -0.39 is 0 Å². The third-order valence-electron chi connectivity index (χ3n) is 2.40. The molecule has 1 rings (SSSR count). The molecule has 4 heteroatoms. The van der Waals surface area contributed by atoms with Gasteiger partial charge in [-0.1, -0.05) is 25.1 Å². The maximum atomic E-state index is 12.7. The number of esters is 1. The zero-order valence-electron chi connectivity index (χ0n) is 10.6. The molecule has 0 aromatic heterocycles. The van der Waals surface area contributed by atoms with Crippen LogP contribution in [0.3, 0.4) is 0 Å². The summed E-state index contributed by atoms with van der Waals surface area (Å²) in [5.41, 5.74) is 0.661. The molecule has 0 heterocycles. The predicted octanol–water partition coefficient (Wildman–Crippen LogP) is 4.16. The summed E-state index contributed by atoms with van der Waals surface area (Å²) < 4.78 is 17.5. The van der Waals surface area contributed by atoms with Crippen molar-refractivity contribution in [1.29, 1.82) is 0 Å². The summed E-state index contributed by atoms with van der Waals surface area (Å²) in [7, 11) is 1.38. The molecule has 0 aliphatic carbocycles. The molecule has 1 aromatic rings. The topological polar surface area (TPSA) is 26.3 Å². The number of carbonyl (C=O) groups is 1. The van der Waals surface area contributed by atoms with Crippen molar-refractivity contribution < 1.29 is 13.9 Å². The molecule has 0 fully saturated rings. The first-order chi connectivity index (χ1) is 8.67. The number of carbonyl (C=O) groups excluding carboxylic acids is 1. The number of ether oxygens (including phenoxy) is 1. The molecule has 98 valence electrons. The molecule has 2 nitrogen and oxygen atoms in total. The summed E-state index contributed by atoms with van der Waals surface area (Å²) in [6.07, 6.45) is 2.68. The smallest absolute Gasteiger partial charge is 0.334 e. The Labute approximate surface area is 111 Å². The first-order valence-electron chi connectivity index (χ1n) is 5.87. The highest BCUT2D eigenvalue weighted by Crippen LogP contribution is 2.23. The van der Waals surface area contributed by atoms with Crippen LogP contribution in [0.25, 0.3) is 0 Å². The Bertz CT molecular complexity index is 412. The van der Waals surface area contributed by atoms with E-state index in [2.05, 4.69) is 6.92 Å². The number of methoxy groups -OCH3 is 1. The van der Waals surface area contributed by atoms with Gasteiger partial charge >= 0.3 is 5.97 Å². The summed E-state index contributed by atoms with van der Waals surface area (Å²) >= 11 is 1.40. The lowest BCUT2D eigenvalue weighted by atomic mass is 10.1. The van der Waals surface area contributed by atoms with E-state index in [1.165, 1.54) is 31.0 Å². The quantitative estimate of drug-likeness (QED) is 0.440. The van der Waals surface area contributed by atoms with Gasteiger partial charge in [0, 0.05) is 10.5 Å². The summed E-state index contributed by atoms with van der Waals surface area (Å²) in [6.45, 7) is 2.07. The molecular formula is C14H17FO2S. The van der Waals surface area contributed by atoms with Crippen molar-refractivity contribution in [2.45, 2.75) is 31.1 Å². The van der Waals surface area contributed by atoms with Crippen molar-refractivity contribution in [2.75, 3.05) is 7.11 Å². The molecule has 0 spiro atoms. The maximum absolute atomic E-state index is 12.7. The van der Waals surface area contributed by atoms with Crippen LogP contribution in [0, 0.1) is 5.82 Å². The van der Waals surface area contributed by atoms with Crippen LogP contribution in [-0.2, 0) is 9.53 Å². The van der Waals surface area contributed by atoms with Crippen molar-refractivity contribution in [2.24, 2.45) is 0 Å². The van der Waals surface area contributed by atoms with E-state index in [4.69, 9.17) is 4.74 Å². The van der Waals surface area contributed by atoms with Crippen LogP contribution in [0.5, 0.6) is 0 Å². The Kier molecular flexibility index (Phi) is 6.50. The normalized spacial score (nSPS) is 11.4. The molecule has 1 aromatic carbocycles. The van der Waals surface area contributed by atoms with Gasteiger partial charge in [-0.05, 0) is 42.5 Å². The monoisotopic (exact) mass is 268 g/mol. The summed E-state index contributed by atoms with van der Waals surface area (Å²) in [6, 6.07) is 6.18. The number of hydrogen-bond acceptors (Lipinski definition) is 3. The van der Waals surface area contributed by atoms with Crippen LogP contribution >= 0.6 is 11.8 Å². The SMILES string of the molecule is CCCCC(=CSc1ccc(F)cc1)C(=O)OC. The fraction of sp³-hybridized carbons (Fsp3) is 0.357. The van der Waals surface area contributed by atoms with E-state index in [1.807, 2.05) is 0 Å². The fourth-order valence-electron chi connectivity index (χ4n) is 1.36. The lowest BCUT2D eigenvalue weighted by Crippen LogP contribution is -2.04. The number of unbranched alkanes of at least 4 members (excludes halogenated alkanes) is 1. The molecule has 0 radical (unpaired) electrons. The van der Waals surface area contributed by atoms with Gasteiger partial charge in [0.1, 0.15) is 5.82 Å². The van der Waals surface area contributed by atoms with Crippen molar-refractivity contribution >= 4 is 17.7 Å². The van der Waals surface area contributed by atoms with E-state index in [0.717, 1.165) is 17.7 Å². The Balaban J connectivity index is 2.69. The van der Waals surface area contributed by atoms with E-state index in [9.17, 15) is 9.18 Å². The zero-order valence-corrected chi connectivity index (χ0v) is 11.4. The van der Waals surface area contributed by atoms with Crippen LogP contribution in [0.1, 0.15) is 26.2 Å². The van der Waals surface area contributed by atoms with Gasteiger partial charge in [0.15, 0.2) is 0 Å². The van der Waals surface area contributed by atoms with Crippen molar-refractivity contribution in [3.63, 3.8) is 0 Å². The first kappa shape index (κ1) is 14.8. The van der Waals surface area contributed by atoms with Gasteiger partial charge in [-0.3, -0.25) is 0 Å². The van der Waals surface area contributed by atoms with Crippen LogP contribution in [0.4, 0.5) is 4.39 Å². The average Bonchev–Trinajstić information content (AvgIpc) is 2.40. The van der Waals surface area contributed by atoms with Crippen LogP contribution in [-0.4, -0.2) is 13.1 Å². The van der Waals surface area contributed by atoms with Gasteiger partial charge < -0.3 is 4.74 Å². The predicted molar refractivity (Wildman–Crippen MR) is 71.9 cm³/mol. The van der Waals surface area contributed by atoms with Crippen molar-refractivity contribution in [1.82, 2.24) is 0 Å². The Morgan fingerprint density at radius 1 is 1.39 bits per heavy atom. The van der Waals surface area contributed by atoms with Crippen LogP contribution < -0.4 is 0 Å². The molecule has 0 aliphatic rings. The Morgan fingerprint density at radius 3 is 2.61 bits per heavy atom. The molecular weight excluding hydrogens is 251 g/mol. The third kappa shape index (κ3) is 4.92. The van der Waals surface area contributed by atoms with Crippen LogP contribution in [0.15, 0.2) is 40.1 Å². The second-order valence-electron chi connectivity index (χ2n) is 3.81. The Morgan fingerprint density at radius 2 is 2.06 bits per heavy atom. The largest absolute Gasteiger partial charge is 0.466 e. The third-order valence-corrected chi connectivity index (χ3v) is 3.34. The van der Waals surface area contributed by atoms with E-state index >= 15 is 0 Å². The summed E-state index contributed by atoms with van der Waals surface area (Å²) in [4.78, 5) is 12.4. The minimum atomic E-state index is -0.293. The van der Waals surface area contributed by atoms with Gasteiger partial charge in [0.05, 0.1) is 7.11 Å². The van der Waals surface area contributed by atoms with E-state index in [-0.39, 0.29) is 11.8 Å². The van der Waals surface area contributed by atoms with Gasteiger partial charge in [-0.15, -0.1) is 0 Å². The minimum Gasteiger partial charge on any atom is -0.466 e. The molecule has 0 N–H and O–H groups in total. The zero-order chi connectivity index (χ0) is 13.4. The van der Waals surface area contributed by atoms with E-state index in [0.29, 0.717) is 12.0 Å². The highest BCUT2D eigenvalue weighted by atomic mass is 32.2. The second-order valence-corrected chi connectivity index (χ2v) is 4.75. The lowest BCUT2D eigenvalue weighted by Gasteiger charge is -2.04. The number of thioether (sulfide) groups is 1. The minimum absolute atomic E-state index is 0.262. The van der Waals surface area contributed by atoms with Gasteiger partial charge in [0.2, 0.25) is 0 Å². The molecule has 0 aliphatic heterocycles. The standard InChI is InChI=1S/C14H17FO2S/c1-3-4-5-11(14(16)17-2)10-18-13-8-6-12(15)7-9-13/h6-10H,3-5H2,1-2H3. The molecule has 0 saturated carbocycles. The van der Waals surface area contributed by atoms with Gasteiger partial charge in [0.25, 0.3) is 0 Å². The number of hydrogen-bond donors (Lipinski definition) is 0. The summed E-state index contributed by atoms with van der Waals surface area (Å²) in [5.74, 6) is -0.555. The Hall–Kier alpha value is -1.29. The molecule has 0 amide bonds. The van der Waals surface area contributed by atoms with Crippen molar-refractivity contribution in [3.8, 4) is 0 Å². The van der Waals surface area contributed by atoms with Gasteiger partial charge in [-0.25, -0.2) is 9.18 Å². The molecule has 0 unspecified atom stereocenters. The number of benzene rings is 1. The molecule has 0 saturated heterocycles. The fourth-order valence-corrected chi connectivity index (χ4v) is 2.15. The first-order valence-corrected chi connectivity index (χ1v) is 6.75. The van der Waals surface area contributed by atoms with Crippen molar-refractivity contribution in [3.05, 3.63) is 41.1 Å². The maximum Gasteiger partial charge on any atom is 0.334 e. The number of rotatable bonds is 6. The second kappa shape index (κ2) is 7.93. The highest BCUT2D eigenvalue weighted by Gasteiger charge is 2.08. The molecule has 0 atom stereocenters. The average molecular weight is 268 g/mol. The van der Waals surface area contributed by atoms with E-state index in [1.54, 1.807) is 17.5 Å². The van der Waals surface area contributed by atoms with Crippen LogP contribution in [0.2, 0.25) is 0 Å². The van der Waals surface area contributed by atoms with Gasteiger partial charge in [-0.2, -0.15) is 0 Å².